The first-order valence-electron chi connectivity index (χ1n) is 4.98. The van der Waals surface area contributed by atoms with Crippen molar-refractivity contribution in [2.45, 2.75) is 0 Å². The van der Waals surface area contributed by atoms with Crippen molar-refractivity contribution in [1.29, 1.82) is 0 Å². The van der Waals surface area contributed by atoms with Crippen molar-refractivity contribution >= 4 is 29.9 Å². The average molecular weight is 258 g/mol. The molecule has 0 bridgehead atoms. The third-order valence-corrected chi connectivity index (χ3v) is 1.84. The Balaban J connectivity index is 0.00000256. The lowest BCUT2D eigenvalue weighted by Gasteiger charge is -2.06. The minimum atomic E-state index is -0.240. The summed E-state index contributed by atoms with van der Waals surface area (Å²) < 4.78 is 0. The number of amides is 2. The normalized spacial score (nSPS) is 9.00. The molecule has 0 aliphatic carbocycles. The van der Waals surface area contributed by atoms with Gasteiger partial charge in [0.25, 0.3) is 0 Å². The highest BCUT2D eigenvalue weighted by molar-refractivity contribution is 5.94. The maximum absolute atomic E-state index is 11.4. The van der Waals surface area contributed by atoms with Gasteiger partial charge < -0.3 is 16.0 Å². The minimum Gasteiger partial charge on any atom is -0.346 e. The Labute approximate surface area is 106 Å². The Hall–Kier alpha value is -1.59. The highest BCUT2D eigenvalue weighted by Crippen LogP contribution is 2.03. The molecule has 0 saturated heterocycles. The highest BCUT2D eigenvalue weighted by Gasteiger charge is 2.04. The number of nitrogens with one attached hydrogen (secondary N) is 3. The van der Waals surface area contributed by atoms with Crippen molar-refractivity contribution in [3.05, 3.63) is 30.3 Å². The molecule has 0 heterocycles. The highest BCUT2D eigenvalue weighted by atomic mass is 35.5. The summed E-state index contributed by atoms with van der Waals surface area (Å²) in [4.78, 5) is 22.4. The molecule has 1 aromatic carbocycles. The van der Waals surface area contributed by atoms with Gasteiger partial charge in [0, 0.05) is 5.69 Å². The standard InChI is InChI=1S/C11H15N3O2.ClH/c1-12-7-10(15)13-8-11(16)14-9-5-3-2-4-6-9;/h2-6,12H,7-8H2,1H3,(H,13,15)(H,14,16);1H. The van der Waals surface area contributed by atoms with Crippen molar-refractivity contribution in [2.75, 3.05) is 25.5 Å². The Bertz CT molecular complexity index is 357. The molecule has 17 heavy (non-hydrogen) atoms. The van der Waals surface area contributed by atoms with Crippen LogP contribution in [0.15, 0.2) is 30.3 Å². The van der Waals surface area contributed by atoms with E-state index in [1.54, 1.807) is 19.2 Å². The summed E-state index contributed by atoms with van der Waals surface area (Å²) in [6.07, 6.45) is 0. The number of hydrogen-bond donors (Lipinski definition) is 3. The number of anilines is 1. The Morgan fingerprint density at radius 1 is 1.06 bits per heavy atom. The van der Waals surface area contributed by atoms with E-state index in [1.165, 1.54) is 0 Å². The van der Waals surface area contributed by atoms with Crippen LogP contribution >= 0.6 is 12.4 Å². The van der Waals surface area contributed by atoms with Crippen molar-refractivity contribution in [3.8, 4) is 0 Å². The van der Waals surface area contributed by atoms with Gasteiger partial charge in [-0.1, -0.05) is 18.2 Å². The molecule has 1 rings (SSSR count). The number of hydrogen-bond acceptors (Lipinski definition) is 3. The summed E-state index contributed by atoms with van der Waals surface area (Å²) in [6, 6.07) is 9.09. The van der Waals surface area contributed by atoms with Gasteiger partial charge >= 0.3 is 0 Å². The molecule has 2 amide bonds. The van der Waals surface area contributed by atoms with E-state index in [4.69, 9.17) is 0 Å². The molecule has 0 spiro atoms. The third kappa shape index (κ3) is 6.55. The zero-order valence-corrected chi connectivity index (χ0v) is 10.3. The van der Waals surface area contributed by atoms with E-state index in [1.807, 2.05) is 18.2 Å². The summed E-state index contributed by atoms with van der Waals surface area (Å²) in [5, 5.41) is 7.85. The topological polar surface area (TPSA) is 70.2 Å². The molecule has 0 aromatic heterocycles. The fourth-order valence-corrected chi connectivity index (χ4v) is 1.13. The van der Waals surface area contributed by atoms with E-state index in [9.17, 15) is 9.59 Å². The quantitative estimate of drug-likeness (QED) is 0.714. The molecule has 1 aromatic rings. The van der Waals surface area contributed by atoms with Crippen molar-refractivity contribution in [2.24, 2.45) is 0 Å². The first-order chi connectivity index (χ1) is 7.72. The number of halogens is 1. The van der Waals surface area contributed by atoms with Crippen molar-refractivity contribution in [3.63, 3.8) is 0 Å². The van der Waals surface area contributed by atoms with Crippen LogP contribution in [0.1, 0.15) is 0 Å². The summed E-state index contributed by atoms with van der Waals surface area (Å²) >= 11 is 0. The number of likely N-dealkylation sites (N-methyl/N-ethyl adjacent to an activating group) is 1. The van der Waals surface area contributed by atoms with E-state index < -0.39 is 0 Å². The van der Waals surface area contributed by atoms with E-state index in [0.717, 1.165) is 5.69 Å². The van der Waals surface area contributed by atoms with Crippen LogP contribution in [0.4, 0.5) is 5.69 Å². The molecule has 0 radical (unpaired) electrons. The fourth-order valence-electron chi connectivity index (χ4n) is 1.13. The zero-order valence-electron chi connectivity index (χ0n) is 9.53. The molecule has 0 atom stereocenters. The Morgan fingerprint density at radius 2 is 1.71 bits per heavy atom. The van der Waals surface area contributed by atoms with Crippen molar-refractivity contribution < 1.29 is 9.59 Å². The lowest BCUT2D eigenvalue weighted by atomic mass is 10.3. The molecule has 3 N–H and O–H groups in total. The monoisotopic (exact) mass is 257 g/mol. The number of carbonyl (C=O) groups is 2. The van der Waals surface area contributed by atoms with Crippen LogP contribution in [-0.2, 0) is 9.59 Å². The molecule has 6 heteroatoms. The fraction of sp³-hybridized carbons (Fsp3) is 0.273. The second-order valence-electron chi connectivity index (χ2n) is 3.22. The van der Waals surface area contributed by atoms with Gasteiger partial charge in [0.15, 0.2) is 0 Å². The second kappa shape index (κ2) is 8.55. The predicted octanol–water partition coefficient (Wildman–Crippen LogP) is 0.383. The second-order valence-corrected chi connectivity index (χ2v) is 3.22. The van der Waals surface area contributed by atoms with Gasteiger partial charge in [-0.25, -0.2) is 0 Å². The van der Waals surface area contributed by atoms with Crippen LogP contribution in [0.2, 0.25) is 0 Å². The van der Waals surface area contributed by atoms with Gasteiger partial charge in [-0.2, -0.15) is 0 Å². The average Bonchev–Trinajstić information content (AvgIpc) is 2.28. The summed E-state index contributed by atoms with van der Waals surface area (Å²) in [7, 11) is 1.67. The van der Waals surface area contributed by atoms with Gasteiger partial charge in [0.1, 0.15) is 0 Å². The van der Waals surface area contributed by atoms with Crippen LogP contribution in [0.5, 0.6) is 0 Å². The predicted molar refractivity (Wildman–Crippen MR) is 69.3 cm³/mol. The molecule has 0 fully saturated rings. The lowest BCUT2D eigenvalue weighted by molar-refractivity contribution is -0.123. The largest absolute Gasteiger partial charge is 0.346 e. The molecule has 0 saturated carbocycles. The molecule has 5 nitrogen and oxygen atoms in total. The van der Waals surface area contributed by atoms with E-state index in [-0.39, 0.29) is 37.3 Å². The molecular formula is C11H16ClN3O2. The van der Waals surface area contributed by atoms with Gasteiger partial charge in [-0.3, -0.25) is 9.59 Å². The van der Waals surface area contributed by atoms with Crippen LogP contribution in [0.3, 0.4) is 0 Å². The molecule has 0 aliphatic heterocycles. The van der Waals surface area contributed by atoms with Gasteiger partial charge in [-0.15, -0.1) is 12.4 Å². The van der Waals surface area contributed by atoms with Gasteiger partial charge in [0.2, 0.25) is 11.8 Å². The smallest absolute Gasteiger partial charge is 0.243 e. The number of carbonyl (C=O) groups excluding carboxylic acids is 2. The first kappa shape index (κ1) is 15.4. The van der Waals surface area contributed by atoms with E-state index in [0.29, 0.717) is 0 Å². The van der Waals surface area contributed by atoms with Crippen LogP contribution in [0, 0.1) is 0 Å². The Kier molecular flexibility index (Phi) is 7.75. The van der Waals surface area contributed by atoms with Gasteiger partial charge in [-0.05, 0) is 19.2 Å². The minimum absolute atomic E-state index is 0. The molecule has 94 valence electrons. The van der Waals surface area contributed by atoms with Gasteiger partial charge in [0.05, 0.1) is 13.1 Å². The summed E-state index contributed by atoms with van der Waals surface area (Å²) in [5.74, 6) is -0.443. The van der Waals surface area contributed by atoms with E-state index in [2.05, 4.69) is 16.0 Å². The van der Waals surface area contributed by atoms with Crippen LogP contribution in [-0.4, -0.2) is 32.0 Å². The molecule has 0 aliphatic rings. The summed E-state index contributed by atoms with van der Waals surface area (Å²) in [6.45, 7) is 0.189. The third-order valence-electron chi connectivity index (χ3n) is 1.84. The Morgan fingerprint density at radius 3 is 2.29 bits per heavy atom. The number of para-hydroxylation sites is 1. The van der Waals surface area contributed by atoms with Crippen LogP contribution < -0.4 is 16.0 Å². The first-order valence-corrected chi connectivity index (χ1v) is 4.98. The van der Waals surface area contributed by atoms with Crippen LogP contribution in [0.25, 0.3) is 0 Å². The summed E-state index contributed by atoms with van der Waals surface area (Å²) in [5.41, 5.74) is 0.718. The van der Waals surface area contributed by atoms with Crippen molar-refractivity contribution in [1.82, 2.24) is 10.6 Å². The number of rotatable bonds is 5. The number of benzene rings is 1. The molecule has 0 unspecified atom stereocenters. The zero-order chi connectivity index (χ0) is 11.8. The maximum Gasteiger partial charge on any atom is 0.243 e. The molecular weight excluding hydrogens is 242 g/mol. The van der Waals surface area contributed by atoms with E-state index >= 15 is 0 Å². The maximum atomic E-state index is 11.4. The SMILES string of the molecule is CNCC(=O)NCC(=O)Nc1ccccc1.Cl. The lowest BCUT2D eigenvalue weighted by Crippen LogP contribution is -2.37.